The first-order chi connectivity index (χ1) is 8.85. The standard InChI is InChI=1S/C13H23N3O2S/c1-4-13(9-10-16(2)3)19(17,18)15-12-7-5-11(14)6-8-12/h5-8,13,15H,4,9-10,14H2,1-3H3. The van der Waals surface area contributed by atoms with E-state index in [4.69, 9.17) is 5.73 Å². The Hall–Kier alpha value is -1.27. The third-order valence-corrected chi connectivity index (χ3v) is 4.93. The molecule has 0 radical (unpaired) electrons. The van der Waals surface area contributed by atoms with Crippen molar-refractivity contribution in [2.45, 2.75) is 25.0 Å². The van der Waals surface area contributed by atoms with E-state index in [0.29, 0.717) is 24.2 Å². The van der Waals surface area contributed by atoms with Gasteiger partial charge < -0.3 is 10.6 Å². The van der Waals surface area contributed by atoms with Crippen LogP contribution in [0.5, 0.6) is 0 Å². The van der Waals surface area contributed by atoms with Crippen LogP contribution in [-0.2, 0) is 10.0 Å². The predicted octanol–water partition coefficient (Wildman–Crippen LogP) is 1.74. The molecule has 19 heavy (non-hydrogen) atoms. The highest BCUT2D eigenvalue weighted by Crippen LogP contribution is 2.17. The maximum atomic E-state index is 12.3. The quantitative estimate of drug-likeness (QED) is 0.748. The minimum Gasteiger partial charge on any atom is -0.399 e. The number of nitrogen functional groups attached to an aromatic ring is 1. The zero-order valence-corrected chi connectivity index (χ0v) is 12.6. The molecule has 6 heteroatoms. The molecule has 0 bridgehead atoms. The number of nitrogens with two attached hydrogens (primary N) is 1. The first-order valence-electron chi connectivity index (χ1n) is 6.37. The molecule has 1 rings (SSSR count). The van der Waals surface area contributed by atoms with Crippen LogP contribution in [-0.4, -0.2) is 39.2 Å². The first-order valence-corrected chi connectivity index (χ1v) is 7.91. The van der Waals surface area contributed by atoms with Crippen molar-refractivity contribution in [2.24, 2.45) is 0 Å². The Balaban J connectivity index is 2.75. The predicted molar refractivity (Wildman–Crippen MR) is 80.6 cm³/mol. The third-order valence-electron chi connectivity index (χ3n) is 2.96. The lowest BCUT2D eigenvalue weighted by atomic mass is 10.2. The van der Waals surface area contributed by atoms with Gasteiger partial charge in [0.1, 0.15) is 0 Å². The molecule has 0 heterocycles. The largest absolute Gasteiger partial charge is 0.399 e. The van der Waals surface area contributed by atoms with E-state index < -0.39 is 10.0 Å². The lowest BCUT2D eigenvalue weighted by Gasteiger charge is -2.19. The summed E-state index contributed by atoms with van der Waals surface area (Å²) in [6, 6.07) is 6.70. The smallest absolute Gasteiger partial charge is 0.235 e. The van der Waals surface area contributed by atoms with Gasteiger partial charge in [-0.3, -0.25) is 4.72 Å². The van der Waals surface area contributed by atoms with E-state index in [0.717, 1.165) is 6.54 Å². The monoisotopic (exact) mass is 285 g/mol. The van der Waals surface area contributed by atoms with Crippen LogP contribution in [0.25, 0.3) is 0 Å². The fraction of sp³-hybridized carbons (Fsp3) is 0.538. The van der Waals surface area contributed by atoms with E-state index in [-0.39, 0.29) is 5.25 Å². The maximum absolute atomic E-state index is 12.3. The molecule has 0 aliphatic carbocycles. The van der Waals surface area contributed by atoms with Gasteiger partial charge in [0.2, 0.25) is 10.0 Å². The molecule has 1 unspecified atom stereocenters. The Morgan fingerprint density at radius 2 is 1.84 bits per heavy atom. The molecule has 1 aromatic carbocycles. The fourth-order valence-electron chi connectivity index (χ4n) is 1.78. The molecule has 0 spiro atoms. The normalized spacial score (nSPS) is 13.5. The van der Waals surface area contributed by atoms with Gasteiger partial charge >= 0.3 is 0 Å². The average molecular weight is 285 g/mol. The molecule has 0 saturated heterocycles. The van der Waals surface area contributed by atoms with Gasteiger partial charge in [-0.1, -0.05) is 6.92 Å². The highest BCUT2D eigenvalue weighted by Gasteiger charge is 2.23. The van der Waals surface area contributed by atoms with Crippen molar-refractivity contribution in [2.75, 3.05) is 31.1 Å². The van der Waals surface area contributed by atoms with Crippen LogP contribution in [0.3, 0.4) is 0 Å². The second-order valence-corrected chi connectivity index (χ2v) is 6.85. The van der Waals surface area contributed by atoms with Gasteiger partial charge in [0, 0.05) is 11.4 Å². The van der Waals surface area contributed by atoms with Crippen LogP contribution >= 0.6 is 0 Å². The first kappa shape index (κ1) is 15.8. The summed E-state index contributed by atoms with van der Waals surface area (Å²) in [7, 11) is 0.523. The zero-order valence-electron chi connectivity index (χ0n) is 11.8. The van der Waals surface area contributed by atoms with Crippen molar-refractivity contribution in [1.29, 1.82) is 0 Å². The number of nitrogens with zero attached hydrogens (tertiary/aromatic N) is 1. The number of benzene rings is 1. The Morgan fingerprint density at radius 1 is 1.26 bits per heavy atom. The highest BCUT2D eigenvalue weighted by molar-refractivity contribution is 7.93. The van der Waals surface area contributed by atoms with E-state index in [1.165, 1.54) is 0 Å². The van der Waals surface area contributed by atoms with Gasteiger partial charge in [-0.2, -0.15) is 0 Å². The third kappa shape index (κ3) is 5.08. The van der Waals surface area contributed by atoms with Crippen molar-refractivity contribution in [3.05, 3.63) is 24.3 Å². The van der Waals surface area contributed by atoms with Crippen molar-refractivity contribution in [1.82, 2.24) is 4.90 Å². The van der Waals surface area contributed by atoms with Crippen LogP contribution in [0, 0.1) is 0 Å². The second kappa shape index (κ2) is 6.77. The Bertz CT molecular complexity index is 483. The van der Waals surface area contributed by atoms with E-state index in [2.05, 4.69) is 4.72 Å². The van der Waals surface area contributed by atoms with Gasteiger partial charge in [-0.25, -0.2) is 8.42 Å². The van der Waals surface area contributed by atoms with Crippen molar-refractivity contribution < 1.29 is 8.42 Å². The minimum absolute atomic E-state index is 0.382. The topological polar surface area (TPSA) is 75.4 Å². The molecular weight excluding hydrogens is 262 g/mol. The molecule has 0 saturated carbocycles. The summed E-state index contributed by atoms with van der Waals surface area (Å²) in [5.74, 6) is 0. The fourth-order valence-corrected chi connectivity index (χ4v) is 3.27. The van der Waals surface area contributed by atoms with Crippen LogP contribution in [0.15, 0.2) is 24.3 Å². The minimum atomic E-state index is -3.35. The lowest BCUT2D eigenvalue weighted by molar-refractivity contribution is 0.392. The molecule has 108 valence electrons. The summed E-state index contributed by atoms with van der Waals surface area (Å²) in [5, 5.41) is -0.382. The summed E-state index contributed by atoms with van der Waals surface area (Å²) in [5.41, 5.74) is 6.74. The van der Waals surface area contributed by atoms with Gasteiger partial charge in [-0.05, 0) is 57.7 Å². The summed E-state index contributed by atoms with van der Waals surface area (Å²) in [4.78, 5) is 1.99. The zero-order chi connectivity index (χ0) is 14.5. The highest BCUT2D eigenvalue weighted by atomic mass is 32.2. The molecule has 1 atom stereocenters. The van der Waals surface area contributed by atoms with Gasteiger partial charge in [-0.15, -0.1) is 0 Å². The lowest BCUT2D eigenvalue weighted by Crippen LogP contribution is -2.30. The molecular formula is C13H23N3O2S. The summed E-state index contributed by atoms with van der Waals surface area (Å²) >= 11 is 0. The number of nitrogens with one attached hydrogen (secondary N) is 1. The molecule has 0 amide bonds. The Morgan fingerprint density at radius 3 is 2.32 bits per heavy atom. The SMILES string of the molecule is CCC(CCN(C)C)S(=O)(=O)Nc1ccc(N)cc1. The molecule has 0 aliphatic heterocycles. The number of hydrogen-bond acceptors (Lipinski definition) is 4. The van der Waals surface area contributed by atoms with E-state index in [9.17, 15) is 8.42 Å². The molecule has 0 aliphatic rings. The van der Waals surface area contributed by atoms with Crippen molar-refractivity contribution in [3.8, 4) is 0 Å². The van der Waals surface area contributed by atoms with E-state index in [1.54, 1.807) is 24.3 Å². The van der Waals surface area contributed by atoms with Crippen LogP contribution in [0.2, 0.25) is 0 Å². The van der Waals surface area contributed by atoms with Crippen LogP contribution in [0.1, 0.15) is 19.8 Å². The number of anilines is 2. The molecule has 3 N–H and O–H groups in total. The molecule has 1 aromatic rings. The van der Waals surface area contributed by atoms with Crippen LogP contribution in [0.4, 0.5) is 11.4 Å². The Labute approximate surface area is 115 Å². The molecule has 0 fully saturated rings. The van der Waals surface area contributed by atoms with Gasteiger partial charge in [0.05, 0.1) is 5.25 Å². The maximum Gasteiger partial charge on any atom is 0.235 e. The molecule has 0 aromatic heterocycles. The summed E-state index contributed by atoms with van der Waals surface area (Å²) < 4.78 is 27.2. The Kier molecular flexibility index (Phi) is 5.62. The summed E-state index contributed by atoms with van der Waals surface area (Å²) in [6.07, 6.45) is 1.21. The number of hydrogen-bond donors (Lipinski definition) is 2. The average Bonchev–Trinajstić information content (AvgIpc) is 2.32. The summed E-state index contributed by atoms with van der Waals surface area (Å²) in [6.45, 7) is 2.64. The number of sulfonamides is 1. The second-order valence-electron chi connectivity index (χ2n) is 4.89. The molecule has 5 nitrogen and oxygen atoms in total. The number of rotatable bonds is 7. The van der Waals surface area contributed by atoms with Crippen LogP contribution < -0.4 is 10.5 Å². The van der Waals surface area contributed by atoms with E-state index in [1.807, 2.05) is 25.9 Å². The van der Waals surface area contributed by atoms with Crippen molar-refractivity contribution in [3.63, 3.8) is 0 Å². The van der Waals surface area contributed by atoms with Gasteiger partial charge in [0.15, 0.2) is 0 Å². The van der Waals surface area contributed by atoms with Crippen molar-refractivity contribution >= 4 is 21.4 Å². The van der Waals surface area contributed by atoms with Gasteiger partial charge in [0.25, 0.3) is 0 Å². The van der Waals surface area contributed by atoms with E-state index >= 15 is 0 Å².